The standard InChI is InChI=1S/C15H16N2O3S/c1-15(9-16,11-5-6-11)17-13(18)8-21-12-4-2-3-10(7-12)14(19)20/h2-4,7,11H,5-6,8H2,1H3,(H,17,18)(H,19,20). The van der Waals surface area contributed by atoms with E-state index < -0.39 is 11.5 Å². The second-order valence-corrected chi connectivity index (χ2v) is 6.31. The highest BCUT2D eigenvalue weighted by atomic mass is 32.2. The van der Waals surface area contributed by atoms with Crippen molar-refractivity contribution in [3.05, 3.63) is 29.8 Å². The Morgan fingerprint density at radius 3 is 2.81 bits per heavy atom. The summed E-state index contributed by atoms with van der Waals surface area (Å²) in [7, 11) is 0. The van der Waals surface area contributed by atoms with Gasteiger partial charge in [0, 0.05) is 4.90 Å². The van der Waals surface area contributed by atoms with Crippen LogP contribution >= 0.6 is 11.8 Å². The summed E-state index contributed by atoms with van der Waals surface area (Å²) in [6.07, 6.45) is 1.94. The second-order valence-electron chi connectivity index (χ2n) is 5.26. The van der Waals surface area contributed by atoms with Gasteiger partial charge < -0.3 is 10.4 Å². The van der Waals surface area contributed by atoms with Crippen molar-refractivity contribution in [2.75, 3.05) is 5.75 Å². The lowest BCUT2D eigenvalue weighted by atomic mass is 9.98. The predicted molar refractivity (Wildman–Crippen MR) is 79.0 cm³/mol. The van der Waals surface area contributed by atoms with Crippen LogP contribution in [0.1, 0.15) is 30.1 Å². The molecule has 1 atom stereocenters. The van der Waals surface area contributed by atoms with Crippen LogP contribution in [0.2, 0.25) is 0 Å². The number of nitrogens with one attached hydrogen (secondary N) is 1. The van der Waals surface area contributed by atoms with Crippen LogP contribution in [0.3, 0.4) is 0 Å². The number of nitrogens with zero attached hydrogens (tertiary/aromatic N) is 1. The molecule has 0 saturated heterocycles. The molecule has 1 amide bonds. The summed E-state index contributed by atoms with van der Waals surface area (Å²) in [5.41, 5.74) is -0.596. The van der Waals surface area contributed by atoms with Gasteiger partial charge in [-0.05, 0) is 43.9 Å². The van der Waals surface area contributed by atoms with Crippen LogP contribution in [0.4, 0.5) is 0 Å². The molecule has 0 aliphatic heterocycles. The van der Waals surface area contributed by atoms with E-state index in [0.717, 1.165) is 17.7 Å². The van der Waals surface area contributed by atoms with Gasteiger partial charge in [0.05, 0.1) is 17.4 Å². The van der Waals surface area contributed by atoms with Gasteiger partial charge in [0.2, 0.25) is 5.91 Å². The number of rotatable bonds is 6. The molecule has 0 bridgehead atoms. The van der Waals surface area contributed by atoms with Crippen LogP contribution in [0.25, 0.3) is 0 Å². The molecular formula is C15H16N2O3S. The van der Waals surface area contributed by atoms with Crippen molar-refractivity contribution in [3.63, 3.8) is 0 Å². The Bertz CT molecular complexity index is 607. The Kier molecular flexibility index (Phi) is 4.53. The number of hydrogen-bond acceptors (Lipinski definition) is 4. The lowest BCUT2D eigenvalue weighted by molar-refractivity contribution is -0.119. The van der Waals surface area contributed by atoms with Gasteiger partial charge in [0.15, 0.2) is 0 Å². The number of carboxylic acids is 1. The number of aromatic carboxylic acids is 1. The zero-order chi connectivity index (χ0) is 15.5. The Morgan fingerprint density at radius 1 is 1.52 bits per heavy atom. The van der Waals surface area contributed by atoms with Crippen LogP contribution in [0.15, 0.2) is 29.2 Å². The third-order valence-corrected chi connectivity index (χ3v) is 4.47. The van der Waals surface area contributed by atoms with Crippen molar-refractivity contribution in [1.82, 2.24) is 5.32 Å². The van der Waals surface area contributed by atoms with Crippen LogP contribution < -0.4 is 5.32 Å². The molecule has 1 aromatic rings. The third kappa shape index (κ3) is 3.99. The van der Waals surface area contributed by atoms with Gasteiger partial charge in [-0.1, -0.05) is 6.07 Å². The Morgan fingerprint density at radius 2 is 2.24 bits per heavy atom. The van der Waals surface area contributed by atoms with Crippen molar-refractivity contribution in [2.45, 2.75) is 30.2 Å². The summed E-state index contributed by atoms with van der Waals surface area (Å²) >= 11 is 1.26. The number of amides is 1. The minimum Gasteiger partial charge on any atom is -0.478 e. The Labute approximate surface area is 127 Å². The molecule has 0 aromatic heterocycles. The summed E-state index contributed by atoms with van der Waals surface area (Å²) in [6.45, 7) is 1.75. The van der Waals surface area contributed by atoms with E-state index in [4.69, 9.17) is 5.11 Å². The molecule has 1 aliphatic rings. The van der Waals surface area contributed by atoms with E-state index in [1.54, 1.807) is 19.1 Å². The van der Waals surface area contributed by atoms with E-state index in [9.17, 15) is 14.9 Å². The van der Waals surface area contributed by atoms with Crippen LogP contribution in [-0.2, 0) is 4.79 Å². The molecule has 0 spiro atoms. The second kappa shape index (κ2) is 6.19. The maximum Gasteiger partial charge on any atom is 0.335 e. The monoisotopic (exact) mass is 304 g/mol. The quantitative estimate of drug-likeness (QED) is 0.787. The molecule has 1 unspecified atom stereocenters. The lowest BCUT2D eigenvalue weighted by Gasteiger charge is -2.22. The molecule has 5 nitrogen and oxygen atoms in total. The van der Waals surface area contributed by atoms with Crippen molar-refractivity contribution in [2.24, 2.45) is 5.92 Å². The number of carboxylic acid groups (broad SMARTS) is 1. The molecular weight excluding hydrogens is 288 g/mol. The molecule has 0 radical (unpaired) electrons. The fraction of sp³-hybridized carbons (Fsp3) is 0.400. The van der Waals surface area contributed by atoms with E-state index in [1.165, 1.54) is 23.9 Å². The van der Waals surface area contributed by atoms with E-state index in [2.05, 4.69) is 11.4 Å². The van der Waals surface area contributed by atoms with Crippen LogP contribution in [-0.4, -0.2) is 28.3 Å². The normalized spacial score (nSPS) is 16.6. The fourth-order valence-electron chi connectivity index (χ4n) is 2.08. The third-order valence-electron chi connectivity index (χ3n) is 3.48. The molecule has 2 rings (SSSR count). The van der Waals surface area contributed by atoms with Gasteiger partial charge in [0.1, 0.15) is 5.54 Å². The Hall–Kier alpha value is -2.00. The number of hydrogen-bond donors (Lipinski definition) is 2. The largest absolute Gasteiger partial charge is 0.478 e. The molecule has 1 fully saturated rings. The molecule has 6 heteroatoms. The zero-order valence-corrected chi connectivity index (χ0v) is 12.4. The van der Waals surface area contributed by atoms with Crippen LogP contribution in [0, 0.1) is 17.2 Å². The molecule has 110 valence electrons. The first-order chi connectivity index (χ1) is 9.94. The maximum absolute atomic E-state index is 11.9. The van der Waals surface area contributed by atoms with Crippen molar-refractivity contribution in [3.8, 4) is 6.07 Å². The zero-order valence-electron chi connectivity index (χ0n) is 11.6. The molecule has 2 N–H and O–H groups in total. The minimum atomic E-state index is -0.993. The highest BCUT2D eigenvalue weighted by Gasteiger charge is 2.42. The van der Waals surface area contributed by atoms with Gasteiger partial charge in [-0.2, -0.15) is 5.26 Å². The molecule has 1 aliphatic carbocycles. The Balaban J connectivity index is 1.91. The van der Waals surface area contributed by atoms with Gasteiger partial charge in [0.25, 0.3) is 0 Å². The summed E-state index contributed by atoms with van der Waals surface area (Å²) in [6, 6.07) is 8.62. The molecule has 1 aromatic carbocycles. The summed E-state index contributed by atoms with van der Waals surface area (Å²) in [5.74, 6) is -0.802. The summed E-state index contributed by atoms with van der Waals surface area (Å²) in [5, 5.41) is 20.9. The number of carbonyl (C=O) groups is 2. The fourth-order valence-corrected chi connectivity index (χ4v) is 2.83. The predicted octanol–water partition coefficient (Wildman–Crippen LogP) is 2.29. The van der Waals surface area contributed by atoms with E-state index in [-0.39, 0.29) is 23.1 Å². The average molecular weight is 304 g/mol. The smallest absolute Gasteiger partial charge is 0.335 e. The first-order valence-corrected chi connectivity index (χ1v) is 7.61. The first kappa shape index (κ1) is 15.4. The number of benzene rings is 1. The van der Waals surface area contributed by atoms with E-state index in [0.29, 0.717) is 0 Å². The molecule has 21 heavy (non-hydrogen) atoms. The van der Waals surface area contributed by atoms with Gasteiger partial charge >= 0.3 is 5.97 Å². The highest BCUT2D eigenvalue weighted by molar-refractivity contribution is 8.00. The average Bonchev–Trinajstić information content (AvgIpc) is 3.30. The van der Waals surface area contributed by atoms with Crippen molar-refractivity contribution < 1.29 is 14.7 Å². The number of thioether (sulfide) groups is 1. The SMILES string of the molecule is CC(C#N)(NC(=O)CSc1cccc(C(=O)O)c1)C1CC1. The lowest BCUT2D eigenvalue weighted by Crippen LogP contribution is -2.47. The van der Waals surface area contributed by atoms with Crippen molar-refractivity contribution in [1.29, 1.82) is 5.26 Å². The van der Waals surface area contributed by atoms with Crippen LogP contribution in [0.5, 0.6) is 0 Å². The van der Waals surface area contributed by atoms with E-state index in [1.807, 2.05) is 0 Å². The number of carbonyl (C=O) groups excluding carboxylic acids is 1. The molecule has 0 heterocycles. The van der Waals surface area contributed by atoms with Gasteiger partial charge in [-0.15, -0.1) is 11.8 Å². The number of nitriles is 1. The van der Waals surface area contributed by atoms with Crippen molar-refractivity contribution >= 4 is 23.6 Å². The first-order valence-electron chi connectivity index (χ1n) is 6.63. The van der Waals surface area contributed by atoms with Gasteiger partial charge in [-0.3, -0.25) is 4.79 Å². The maximum atomic E-state index is 11.9. The van der Waals surface area contributed by atoms with Gasteiger partial charge in [-0.25, -0.2) is 4.79 Å². The summed E-state index contributed by atoms with van der Waals surface area (Å²) in [4.78, 5) is 23.5. The summed E-state index contributed by atoms with van der Waals surface area (Å²) < 4.78 is 0. The minimum absolute atomic E-state index is 0.160. The molecule has 1 saturated carbocycles. The highest BCUT2D eigenvalue weighted by Crippen LogP contribution is 2.39. The topological polar surface area (TPSA) is 90.2 Å². The van der Waals surface area contributed by atoms with E-state index >= 15 is 0 Å².